The van der Waals surface area contributed by atoms with Crippen molar-refractivity contribution in [2.75, 3.05) is 6.54 Å². The van der Waals surface area contributed by atoms with Gasteiger partial charge in [-0.15, -0.1) is 0 Å². The minimum atomic E-state index is -0.746. The van der Waals surface area contributed by atoms with Crippen LogP contribution in [0, 0.1) is 11.8 Å². The molecule has 2 aliphatic carbocycles. The molecular weight excluding hydrogens is 220 g/mol. The standard InChI is InChI=1S/C12H20N2O3/c15-11(16)9-4-5-10(6-9)14-12(17)13-7-8-2-1-3-8/h8-10H,1-7H2,(H,15,16)(H2,13,14,17)/t9-,10+/m1/s1. The number of carboxylic acid groups (broad SMARTS) is 1. The third kappa shape index (κ3) is 3.35. The van der Waals surface area contributed by atoms with Gasteiger partial charge in [0.25, 0.3) is 0 Å². The molecule has 0 bridgehead atoms. The smallest absolute Gasteiger partial charge is 0.315 e. The Bertz CT molecular complexity index is 302. The average Bonchev–Trinajstić information content (AvgIpc) is 2.63. The van der Waals surface area contributed by atoms with E-state index in [9.17, 15) is 9.59 Å². The summed E-state index contributed by atoms with van der Waals surface area (Å²) in [6.07, 6.45) is 5.70. The molecule has 5 nitrogen and oxygen atoms in total. The van der Waals surface area contributed by atoms with Crippen LogP contribution in [0.15, 0.2) is 0 Å². The Balaban J connectivity index is 1.63. The van der Waals surface area contributed by atoms with Gasteiger partial charge in [-0.3, -0.25) is 4.79 Å². The number of nitrogens with one attached hydrogen (secondary N) is 2. The summed E-state index contributed by atoms with van der Waals surface area (Å²) < 4.78 is 0. The maximum atomic E-state index is 11.6. The van der Waals surface area contributed by atoms with Gasteiger partial charge in [0.15, 0.2) is 0 Å². The maximum Gasteiger partial charge on any atom is 0.315 e. The topological polar surface area (TPSA) is 78.4 Å². The Kier molecular flexibility index (Phi) is 3.86. The zero-order chi connectivity index (χ0) is 12.3. The molecule has 0 aromatic carbocycles. The van der Waals surface area contributed by atoms with E-state index in [0.717, 1.165) is 13.0 Å². The van der Waals surface area contributed by atoms with Crippen LogP contribution in [0.4, 0.5) is 4.79 Å². The van der Waals surface area contributed by atoms with Crippen LogP contribution in [0.5, 0.6) is 0 Å². The van der Waals surface area contributed by atoms with Crippen molar-refractivity contribution >= 4 is 12.0 Å². The number of urea groups is 1. The molecule has 96 valence electrons. The van der Waals surface area contributed by atoms with E-state index in [1.54, 1.807) is 0 Å². The van der Waals surface area contributed by atoms with Crippen molar-refractivity contribution in [1.29, 1.82) is 0 Å². The normalized spacial score (nSPS) is 28.5. The van der Waals surface area contributed by atoms with Gasteiger partial charge in [-0.1, -0.05) is 6.42 Å². The van der Waals surface area contributed by atoms with Crippen LogP contribution in [-0.4, -0.2) is 29.7 Å². The van der Waals surface area contributed by atoms with Gasteiger partial charge < -0.3 is 15.7 Å². The van der Waals surface area contributed by atoms with Crippen LogP contribution in [0.1, 0.15) is 38.5 Å². The van der Waals surface area contributed by atoms with E-state index in [0.29, 0.717) is 18.8 Å². The summed E-state index contributed by atoms with van der Waals surface area (Å²) in [6, 6.07) is -0.120. The molecule has 2 amide bonds. The molecule has 0 spiro atoms. The van der Waals surface area contributed by atoms with Crippen molar-refractivity contribution in [1.82, 2.24) is 10.6 Å². The lowest BCUT2D eigenvalue weighted by molar-refractivity contribution is -0.141. The maximum absolute atomic E-state index is 11.6. The molecule has 17 heavy (non-hydrogen) atoms. The van der Waals surface area contributed by atoms with Crippen molar-refractivity contribution in [3.05, 3.63) is 0 Å². The highest BCUT2D eigenvalue weighted by Crippen LogP contribution is 2.26. The van der Waals surface area contributed by atoms with E-state index >= 15 is 0 Å². The summed E-state index contributed by atoms with van der Waals surface area (Å²) in [5.74, 6) is -0.382. The molecule has 2 aliphatic rings. The average molecular weight is 240 g/mol. The van der Waals surface area contributed by atoms with E-state index in [-0.39, 0.29) is 18.0 Å². The Hall–Kier alpha value is -1.26. The molecule has 0 aromatic rings. The quantitative estimate of drug-likeness (QED) is 0.694. The molecule has 2 rings (SSSR count). The predicted octanol–water partition coefficient (Wildman–Crippen LogP) is 1.34. The molecule has 0 saturated heterocycles. The number of carboxylic acids is 1. The SMILES string of the molecule is O=C(NCC1CCC1)N[C@H]1CC[C@@H](C(=O)O)C1. The van der Waals surface area contributed by atoms with E-state index in [4.69, 9.17) is 5.11 Å². The highest BCUT2D eigenvalue weighted by Gasteiger charge is 2.30. The first-order valence-corrected chi connectivity index (χ1v) is 6.42. The van der Waals surface area contributed by atoms with Gasteiger partial charge in [-0.05, 0) is 38.0 Å². The largest absolute Gasteiger partial charge is 0.481 e. The molecule has 3 N–H and O–H groups in total. The van der Waals surface area contributed by atoms with Gasteiger partial charge in [0.1, 0.15) is 0 Å². The molecule has 2 atom stereocenters. The van der Waals surface area contributed by atoms with Gasteiger partial charge in [-0.25, -0.2) is 4.79 Å². The lowest BCUT2D eigenvalue weighted by Gasteiger charge is -2.25. The summed E-state index contributed by atoms with van der Waals surface area (Å²) >= 11 is 0. The summed E-state index contributed by atoms with van der Waals surface area (Å²) in [6.45, 7) is 0.751. The fourth-order valence-electron chi connectivity index (χ4n) is 2.51. The van der Waals surface area contributed by atoms with Crippen LogP contribution >= 0.6 is 0 Å². The summed E-state index contributed by atoms with van der Waals surface area (Å²) in [5.41, 5.74) is 0. The molecule has 0 aromatic heterocycles. The molecule has 0 radical (unpaired) electrons. The van der Waals surface area contributed by atoms with Gasteiger partial charge in [0, 0.05) is 12.6 Å². The molecule has 5 heteroatoms. The predicted molar refractivity (Wildman–Crippen MR) is 62.6 cm³/mol. The Morgan fingerprint density at radius 2 is 1.94 bits per heavy atom. The Labute approximate surface area is 101 Å². The number of carbonyl (C=O) groups is 2. The van der Waals surface area contributed by atoms with Gasteiger partial charge in [0.05, 0.1) is 5.92 Å². The van der Waals surface area contributed by atoms with Crippen LogP contribution in [0.2, 0.25) is 0 Å². The number of hydrogen-bond acceptors (Lipinski definition) is 2. The summed E-state index contributed by atoms with van der Waals surface area (Å²) in [7, 11) is 0. The van der Waals surface area contributed by atoms with Crippen molar-refractivity contribution in [2.45, 2.75) is 44.6 Å². The second-order valence-corrected chi connectivity index (χ2v) is 5.20. The highest BCUT2D eigenvalue weighted by atomic mass is 16.4. The minimum Gasteiger partial charge on any atom is -0.481 e. The number of hydrogen-bond donors (Lipinski definition) is 3. The van der Waals surface area contributed by atoms with Gasteiger partial charge in [-0.2, -0.15) is 0 Å². The van der Waals surface area contributed by atoms with E-state index < -0.39 is 5.97 Å². The third-order valence-electron chi connectivity index (χ3n) is 3.89. The zero-order valence-electron chi connectivity index (χ0n) is 9.95. The summed E-state index contributed by atoms with van der Waals surface area (Å²) in [5, 5.41) is 14.6. The highest BCUT2D eigenvalue weighted by molar-refractivity contribution is 5.75. The molecule has 2 saturated carbocycles. The second-order valence-electron chi connectivity index (χ2n) is 5.20. The third-order valence-corrected chi connectivity index (χ3v) is 3.89. The number of amides is 2. The van der Waals surface area contributed by atoms with Gasteiger partial charge in [0.2, 0.25) is 0 Å². The Morgan fingerprint density at radius 3 is 2.47 bits per heavy atom. The monoisotopic (exact) mass is 240 g/mol. The number of carbonyl (C=O) groups excluding carboxylic acids is 1. The Morgan fingerprint density at radius 1 is 1.18 bits per heavy atom. The molecular formula is C12H20N2O3. The molecule has 0 heterocycles. The van der Waals surface area contributed by atoms with Crippen LogP contribution in [0.25, 0.3) is 0 Å². The van der Waals surface area contributed by atoms with Crippen LogP contribution < -0.4 is 10.6 Å². The fraction of sp³-hybridized carbons (Fsp3) is 0.833. The first kappa shape index (κ1) is 12.2. The first-order chi connectivity index (χ1) is 8.15. The zero-order valence-corrected chi connectivity index (χ0v) is 9.95. The number of aliphatic carboxylic acids is 1. The van der Waals surface area contributed by atoms with Crippen molar-refractivity contribution < 1.29 is 14.7 Å². The van der Waals surface area contributed by atoms with E-state index in [2.05, 4.69) is 10.6 Å². The first-order valence-electron chi connectivity index (χ1n) is 6.42. The second kappa shape index (κ2) is 5.38. The van der Waals surface area contributed by atoms with E-state index in [1.807, 2.05) is 0 Å². The summed E-state index contributed by atoms with van der Waals surface area (Å²) in [4.78, 5) is 22.3. The molecule has 0 unspecified atom stereocenters. The van der Waals surface area contributed by atoms with E-state index in [1.165, 1.54) is 19.3 Å². The van der Waals surface area contributed by atoms with Crippen molar-refractivity contribution in [2.24, 2.45) is 11.8 Å². The molecule has 0 aliphatic heterocycles. The van der Waals surface area contributed by atoms with Crippen molar-refractivity contribution in [3.63, 3.8) is 0 Å². The number of rotatable bonds is 4. The lowest BCUT2D eigenvalue weighted by atomic mass is 9.85. The lowest BCUT2D eigenvalue weighted by Crippen LogP contribution is -2.43. The van der Waals surface area contributed by atoms with Gasteiger partial charge >= 0.3 is 12.0 Å². The fourth-order valence-corrected chi connectivity index (χ4v) is 2.51. The van der Waals surface area contributed by atoms with Crippen molar-refractivity contribution in [3.8, 4) is 0 Å². The van der Waals surface area contributed by atoms with Crippen LogP contribution in [0.3, 0.4) is 0 Å². The van der Waals surface area contributed by atoms with Crippen LogP contribution in [-0.2, 0) is 4.79 Å². The minimum absolute atomic E-state index is 0.0255. The molecule has 2 fully saturated rings.